The van der Waals surface area contributed by atoms with Gasteiger partial charge in [0.2, 0.25) is 0 Å². The van der Waals surface area contributed by atoms with Crippen LogP contribution in [0.1, 0.15) is 11.5 Å². The Bertz CT molecular complexity index is 878. The van der Waals surface area contributed by atoms with Crippen LogP contribution in [-0.2, 0) is 16.1 Å². The first-order chi connectivity index (χ1) is 11.6. The van der Waals surface area contributed by atoms with Gasteiger partial charge in [-0.1, -0.05) is 11.2 Å². The van der Waals surface area contributed by atoms with Gasteiger partial charge in [-0.05, 0) is 23.6 Å². The number of nitrogens with zero attached hydrogens (tertiary/aromatic N) is 2. The fourth-order valence-electron chi connectivity index (χ4n) is 1.79. The van der Waals surface area contributed by atoms with E-state index in [0.717, 1.165) is 11.0 Å². The van der Waals surface area contributed by atoms with E-state index in [0.29, 0.717) is 11.5 Å². The fraction of sp³-hybridized carbons (Fsp3) is 0.0667. The third-order valence-electron chi connectivity index (χ3n) is 2.86. The molecule has 0 atom stereocenters. The minimum atomic E-state index is -0.661. The molecule has 0 aliphatic carbocycles. The van der Waals surface area contributed by atoms with Crippen LogP contribution < -0.4 is 0 Å². The van der Waals surface area contributed by atoms with Crippen molar-refractivity contribution in [2.24, 2.45) is 0 Å². The van der Waals surface area contributed by atoms with Gasteiger partial charge in [0.05, 0.1) is 10.9 Å². The smallest absolute Gasteiger partial charge is 0.433 e. The molecule has 0 fully saturated rings. The molecule has 3 aromatic rings. The van der Waals surface area contributed by atoms with Crippen molar-refractivity contribution in [3.63, 3.8) is 0 Å². The van der Waals surface area contributed by atoms with Crippen LogP contribution in [0.5, 0.6) is 0 Å². The van der Waals surface area contributed by atoms with E-state index in [2.05, 4.69) is 5.16 Å². The third kappa shape index (κ3) is 3.76. The van der Waals surface area contributed by atoms with Crippen LogP contribution in [0.4, 0.5) is 5.88 Å². The minimum absolute atomic E-state index is 0.0453. The minimum Gasteiger partial charge on any atom is -0.456 e. The number of rotatable bonds is 6. The van der Waals surface area contributed by atoms with E-state index in [1.807, 2.05) is 17.5 Å². The Morgan fingerprint density at radius 3 is 3.00 bits per heavy atom. The molecule has 0 unspecified atom stereocenters. The third-order valence-corrected chi connectivity index (χ3v) is 3.75. The Morgan fingerprint density at radius 2 is 2.29 bits per heavy atom. The summed E-state index contributed by atoms with van der Waals surface area (Å²) in [6.45, 7) is -0.0453. The molecule has 0 aliphatic heterocycles. The number of furan rings is 1. The van der Waals surface area contributed by atoms with Crippen LogP contribution in [0.25, 0.3) is 16.7 Å². The zero-order chi connectivity index (χ0) is 16.9. The quantitative estimate of drug-likeness (QED) is 0.290. The van der Waals surface area contributed by atoms with E-state index in [9.17, 15) is 14.9 Å². The predicted molar refractivity (Wildman–Crippen MR) is 84.0 cm³/mol. The van der Waals surface area contributed by atoms with Crippen molar-refractivity contribution in [3.8, 4) is 10.6 Å². The van der Waals surface area contributed by atoms with Crippen molar-refractivity contribution in [3.05, 3.63) is 63.4 Å². The first-order valence-electron chi connectivity index (χ1n) is 6.70. The predicted octanol–water partition coefficient (Wildman–Crippen LogP) is 3.66. The number of thiophene rings is 1. The standard InChI is InChI=1S/C15H10N2O6S/c18-15(6-4-11-3-5-14(22-11)17(19)20)21-9-10-8-12(23-16-10)13-2-1-7-24-13/h1-8H,9H2/b6-4+. The molecule has 0 N–H and O–H groups in total. The van der Waals surface area contributed by atoms with Gasteiger partial charge in [0.1, 0.15) is 23.0 Å². The van der Waals surface area contributed by atoms with Crippen molar-refractivity contribution >= 4 is 29.3 Å². The van der Waals surface area contributed by atoms with Gasteiger partial charge in [-0.3, -0.25) is 10.1 Å². The van der Waals surface area contributed by atoms with Gasteiger partial charge in [-0.25, -0.2) is 4.79 Å². The summed E-state index contributed by atoms with van der Waals surface area (Å²) in [6.07, 6.45) is 2.40. The average molecular weight is 346 g/mol. The Hall–Kier alpha value is -3.20. The first-order valence-corrected chi connectivity index (χ1v) is 7.58. The lowest BCUT2D eigenvalue weighted by Gasteiger charge is -1.96. The lowest BCUT2D eigenvalue weighted by molar-refractivity contribution is -0.402. The molecule has 3 rings (SSSR count). The van der Waals surface area contributed by atoms with E-state index in [-0.39, 0.29) is 12.4 Å². The first kappa shape index (κ1) is 15.7. The fourth-order valence-corrected chi connectivity index (χ4v) is 2.46. The largest absolute Gasteiger partial charge is 0.456 e. The van der Waals surface area contributed by atoms with E-state index < -0.39 is 16.8 Å². The molecule has 0 aliphatic rings. The van der Waals surface area contributed by atoms with Gasteiger partial charge in [0, 0.05) is 12.1 Å². The van der Waals surface area contributed by atoms with Crippen molar-refractivity contribution in [2.75, 3.05) is 0 Å². The highest BCUT2D eigenvalue weighted by molar-refractivity contribution is 7.13. The molecule has 0 aromatic carbocycles. The second kappa shape index (κ2) is 6.92. The highest BCUT2D eigenvalue weighted by Crippen LogP contribution is 2.25. The second-order valence-electron chi connectivity index (χ2n) is 4.53. The summed E-state index contributed by atoms with van der Waals surface area (Å²) >= 11 is 1.51. The summed E-state index contributed by atoms with van der Waals surface area (Å²) in [4.78, 5) is 22.4. The molecule has 24 heavy (non-hydrogen) atoms. The van der Waals surface area contributed by atoms with Crippen LogP contribution in [0.3, 0.4) is 0 Å². The van der Waals surface area contributed by atoms with Gasteiger partial charge in [0.15, 0.2) is 5.76 Å². The maximum Gasteiger partial charge on any atom is 0.433 e. The molecule has 0 amide bonds. The topological polar surface area (TPSA) is 109 Å². The number of carbonyl (C=O) groups excluding carboxylic acids is 1. The Morgan fingerprint density at radius 1 is 1.42 bits per heavy atom. The zero-order valence-corrected chi connectivity index (χ0v) is 12.9. The number of hydrogen-bond acceptors (Lipinski definition) is 8. The van der Waals surface area contributed by atoms with Gasteiger partial charge >= 0.3 is 11.9 Å². The Kier molecular flexibility index (Phi) is 4.52. The lowest BCUT2D eigenvalue weighted by atomic mass is 10.3. The number of aromatic nitrogens is 1. The maximum absolute atomic E-state index is 11.6. The molecule has 0 saturated carbocycles. The summed E-state index contributed by atoms with van der Waals surface area (Å²) in [6, 6.07) is 8.07. The van der Waals surface area contributed by atoms with Crippen LogP contribution in [0, 0.1) is 10.1 Å². The Labute approximate surface area is 139 Å². The number of carbonyl (C=O) groups is 1. The zero-order valence-electron chi connectivity index (χ0n) is 12.1. The summed E-state index contributed by atoms with van der Waals surface area (Å²) in [5.74, 6) is -0.240. The monoisotopic (exact) mass is 346 g/mol. The van der Waals surface area contributed by atoms with E-state index >= 15 is 0 Å². The van der Waals surface area contributed by atoms with Crippen molar-refractivity contribution in [2.45, 2.75) is 6.61 Å². The van der Waals surface area contributed by atoms with Crippen molar-refractivity contribution in [1.29, 1.82) is 0 Å². The number of ether oxygens (including phenoxy) is 1. The van der Waals surface area contributed by atoms with E-state index in [4.69, 9.17) is 13.7 Å². The number of nitro groups is 1. The van der Waals surface area contributed by atoms with Crippen molar-refractivity contribution < 1.29 is 23.4 Å². The van der Waals surface area contributed by atoms with Gasteiger partial charge < -0.3 is 13.7 Å². The van der Waals surface area contributed by atoms with Crippen LogP contribution >= 0.6 is 11.3 Å². The average Bonchev–Trinajstić information content (AvgIpc) is 3.31. The molecule has 0 bridgehead atoms. The van der Waals surface area contributed by atoms with Gasteiger partial charge in [-0.2, -0.15) is 0 Å². The molecule has 3 heterocycles. The highest BCUT2D eigenvalue weighted by Gasteiger charge is 2.11. The van der Waals surface area contributed by atoms with Crippen LogP contribution in [-0.4, -0.2) is 16.0 Å². The summed E-state index contributed by atoms with van der Waals surface area (Å²) in [7, 11) is 0. The SMILES string of the molecule is O=C(/C=C/c1ccc([N+](=O)[O-])o1)OCc1cc(-c2cccs2)on1. The molecular weight excluding hydrogens is 336 g/mol. The molecule has 0 spiro atoms. The van der Waals surface area contributed by atoms with E-state index in [1.165, 1.54) is 29.5 Å². The molecule has 0 radical (unpaired) electrons. The van der Waals surface area contributed by atoms with Gasteiger partial charge in [0.25, 0.3) is 0 Å². The van der Waals surface area contributed by atoms with Crippen molar-refractivity contribution in [1.82, 2.24) is 5.16 Å². The second-order valence-corrected chi connectivity index (χ2v) is 5.48. The number of hydrogen-bond donors (Lipinski definition) is 0. The maximum atomic E-state index is 11.6. The van der Waals surface area contributed by atoms with E-state index in [1.54, 1.807) is 6.07 Å². The number of esters is 1. The van der Waals surface area contributed by atoms with Crippen LogP contribution in [0.15, 0.2) is 50.7 Å². The molecular formula is C15H10N2O6S. The summed E-state index contributed by atoms with van der Waals surface area (Å²) in [5.41, 5.74) is 0.480. The normalized spacial score (nSPS) is 11.0. The molecule has 0 saturated heterocycles. The summed E-state index contributed by atoms with van der Waals surface area (Å²) in [5, 5.41) is 16.2. The van der Waals surface area contributed by atoms with Crippen LogP contribution in [0.2, 0.25) is 0 Å². The molecule has 9 heteroatoms. The highest BCUT2D eigenvalue weighted by atomic mass is 32.1. The lowest BCUT2D eigenvalue weighted by Crippen LogP contribution is -2.00. The Balaban J connectivity index is 1.53. The van der Waals surface area contributed by atoms with Gasteiger partial charge in [-0.15, -0.1) is 11.3 Å². The summed E-state index contributed by atoms with van der Waals surface area (Å²) < 4.78 is 15.1. The molecule has 122 valence electrons. The molecule has 3 aromatic heterocycles. The molecule has 8 nitrogen and oxygen atoms in total.